The fourth-order valence-corrected chi connectivity index (χ4v) is 4.15. The molecule has 1 aliphatic heterocycles. The van der Waals surface area contributed by atoms with Crippen LogP contribution < -0.4 is 10.2 Å². The maximum absolute atomic E-state index is 5.43. The fourth-order valence-electron chi connectivity index (χ4n) is 4.15. The zero-order valence-electron chi connectivity index (χ0n) is 16.9. The molecule has 1 N–H and O–H groups in total. The van der Waals surface area contributed by atoms with Crippen LogP contribution in [0.15, 0.2) is 72.9 Å². The first-order chi connectivity index (χ1) is 14.8. The molecule has 30 heavy (non-hydrogen) atoms. The molecule has 2 heterocycles. The van der Waals surface area contributed by atoms with Crippen LogP contribution in [-0.4, -0.2) is 42.6 Å². The molecule has 1 saturated heterocycles. The number of nitrogens with zero attached hydrogens (tertiary/aromatic N) is 3. The van der Waals surface area contributed by atoms with E-state index in [1.807, 2.05) is 12.3 Å². The Morgan fingerprint density at radius 3 is 2.37 bits per heavy atom. The van der Waals surface area contributed by atoms with Crippen molar-refractivity contribution in [3.63, 3.8) is 0 Å². The Labute approximate surface area is 177 Å². The Morgan fingerprint density at radius 2 is 1.63 bits per heavy atom. The Balaban J connectivity index is 1.36. The second-order valence-electron chi connectivity index (χ2n) is 7.71. The Hall–Kier alpha value is -3.55. The summed E-state index contributed by atoms with van der Waals surface area (Å²) < 4.78 is 0. The van der Waals surface area contributed by atoms with Crippen LogP contribution in [0, 0.1) is 12.3 Å². The summed E-state index contributed by atoms with van der Waals surface area (Å²) in [7, 11) is 0. The highest BCUT2D eigenvalue weighted by atomic mass is 15.3. The minimum Gasteiger partial charge on any atom is -0.369 e. The van der Waals surface area contributed by atoms with Crippen molar-refractivity contribution in [3.8, 4) is 12.3 Å². The van der Waals surface area contributed by atoms with Gasteiger partial charge in [-0.1, -0.05) is 30.2 Å². The minimum absolute atomic E-state index is 0.742. The molecule has 1 aliphatic rings. The van der Waals surface area contributed by atoms with E-state index in [0.29, 0.717) is 0 Å². The first-order valence-corrected chi connectivity index (χ1v) is 10.4. The topological polar surface area (TPSA) is 31.4 Å². The van der Waals surface area contributed by atoms with Gasteiger partial charge in [0.2, 0.25) is 0 Å². The van der Waals surface area contributed by atoms with Gasteiger partial charge in [0.25, 0.3) is 0 Å². The van der Waals surface area contributed by atoms with Crippen LogP contribution in [0.25, 0.3) is 21.7 Å². The number of aromatic nitrogens is 1. The highest BCUT2D eigenvalue weighted by molar-refractivity contribution is 6.02. The second kappa shape index (κ2) is 8.06. The molecule has 1 fully saturated rings. The number of piperazine rings is 1. The summed E-state index contributed by atoms with van der Waals surface area (Å²) in [6, 6.07) is 23.5. The molecule has 0 spiro atoms. The molecular formula is C26H24N4. The maximum atomic E-state index is 5.43. The van der Waals surface area contributed by atoms with E-state index in [1.165, 1.54) is 16.5 Å². The maximum Gasteiger partial charge on any atom is 0.0729 e. The van der Waals surface area contributed by atoms with Crippen molar-refractivity contribution in [2.24, 2.45) is 0 Å². The number of pyridine rings is 1. The number of terminal acetylenes is 1. The molecule has 0 radical (unpaired) electrons. The lowest BCUT2D eigenvalue weighted by molar-refractivity contribution is 0.288. The number of anilines is 3. The number of fused-ring (bicyclic) bond motifs is 2. The fraction of sp³-hybridized carbons (Fsp3) is 0.192. The molecule has 4 aromatic rings. The lowest BCUT2D eigenvalue weighted by Gasteiger charge is -2.35. The monoisotopic (exact) mass is 392 g/mol. The highest BCUT2D eigenvalue weighted by Gasteiger charge is 2.16. The Morgan fingerprint density at radius 1 is 0.900 bits per heavy atom. The molecule has 0 atom stereocenters. The van der Waals surface area contributed by atoms with E-state index in [2.05, 4.69) is 86.7 Å². The summed E-state index contributed by atoms with van der Waals surface area (Å²) in [5, 5.41) is 7.14. The SMILES string of the molecule is C#CCN1CCN(c2ccc(Nc3ccnc4cc5ccccc5cc34)cc2)CC1. The van der Waals surface area contributed by atoms with Gasteiger partial charge >= 0.3 is 0 Å². The van der Waals surface area contributed by atoms with E-state index in [1.54, 1.807) is 0 Å². The van der Waals surface area contributed by atoms with E-state index in [0.717, 1.165) is 55.0 Å². The number of rotatable bonds is 4. The van der Waals surface area contributed by atoms with Crippen molar-refractivity contribution in [2.45, 2.75) is 0 Å². The van der Waals surface area contributed by atoms with E-state index in [-0.39, 0.29) is 0 Å². The molecule has 0 unspecified atom stereocenters. The van der Waals surface area contributed by atoms with Crippen molar-refractivity contribution < 1.29 is 0 Å². The van der Waals surface area contributed by atoms with Crippen LogP contribution in [0.1, 0.15) is 0 Å². The quantitative estimate of drug-likeness (QED) is 0.396. The van der Waals surface area contributed by atoms with E-state index in [4.69, 9.17) is 6.42 Å². The summed E-state index contributed by atoms with van der Waals surface area (Å²) >= 11 is 0. The summed E-state index contributed by atoms with van der Waals surface area (Å²) in [5.41, 5.74) is 4.40. The smallest absolute Gasteiger partial charge is 0.0729 e. The third-order valence-corrected chi connectivity index (χ3v) is 5.81. The first kappa shape index (κ1) is 18.5. The van der Waals surface area contributed by atoms with Crippen molar-refractivity contribution in [3.05, 3.63) is 72.9 Å². The molecule has 0 amide bonds. The molecular weight excluding hydrogens is 368 g/mol. The van der Waals surface area contributed by atoms with Crippen LogP contribution in [0.3, 0.4) is 0 Å². The highest BCUT2D eigenvalue weighted by Crippen LogP contribution is 2.30. The molecule has 0 bridgehead atoms. The number of hydrogen-bond donors (Lipinski definition) is 1. The number of hydrogen-bond acceptors (Lipinski definition) is 4. The molecule has 4 nitrogen and oxygen atoms in total. The molecule has 0 aliphatic carbocycles. The van der Waals surface area contributed by atoms with Crippen LogP contribution >= 0.6 is 0 Å². The van der Waals surface area contributed by atoms with Crippen LogP contribution in [0.2, 0.25) is 0 Å². The predicted molar refractivity (Wildman–Crippen MR) is 126 cm³/mol. The van der Waals surface area contributed by atoms with Gasteiger partial charge in [-0.25, -0.2) is 0 Å². The zero-order valence-corrected chi connectivity index (χ0v) is 16.9. The van der Waals surface area contributed by atoms with Gasteiger partial charge in [-0.05, 0) is 53.2 Å². The lowest BCUT2D eigenvalue weighted by Crippen LogP contribution is -2.46. The summed E-state index contributed by atoms with van der Waals surface area (Å²) in [4.78, 5) is 9.31. The molecule has 148 valence electrons. The molecule has 1 aromatic heterocycles. The van der Waals surface area contributed by atoms with Crippen molar-refractivity contribution in [1.29, 1.82) is 0 Å². The third-order valence-electron chi connectivity index (χ3n) is 5.81. The van der Waals surface area contributed by atoms with Crippen LogP contribution in [0.5, 0.6) is 0 Å². The first-order valence-electron chi connectivity index (χ1n) is 10.4. The van der Waals surface area contributed by atoms with Gasteiger partial charge < -0.3 is 10.2 Å². The summed E-state index contributed by atoms with van der Waals surface area (Å²) in [5.74, 6) is 2.74. The predicted octanol–water partition coefficient (Wildman–Crippen LogP) is 4.89. The second-order valence-corrected chi connectivity index (χ2v) is 7.71. The van der Waals surface area contributed by atoms with Gasteiger partial charge in [-0.3, -0.25) is 9.88 Å². The Bertz CT molecular complexity index is 1220. The number of benzene rings is 3. The van der Waals surface area contributed by atoms with Crippen molar-refractivity contribution in [2.75, 3.05) is 42.9 Å². The van der Waals surface area contributed by atoms with Crippen LogP contribution in [0.4, 0.5) is 17.1 Å². The largest absolute Gasteiger partial charge is 0.369 e. The van der Waals surface area contributed by atoms with Crippen LogP contribution in [-0.2, 0) is 0 Å². The average molecular weight is 393 g/mol. The van der Waals surface area contributed by atoms with Crippen molar-refractivity contribution >= 4 is 38.7 Å². The van der Waals surface area contributed by atoms with Gasteiger partial charge in [0, 0.05) is 54.8 Å². The van der Waals surface area contributed by atoms with Crippen molar-refractivity contribution in [1.82, 2.24) is 9.88 Å². The summed E-state index contributed by atoms with van der Waals surface area (Å²) in [6.45, 7) is 4.79. The zero-order chi connectivity index (χ0) is 20.3. The molecule has 0 saturated carbocycles. The van der Waals surface area contributed by atoms with Gasteiger partial charge in [-0.15, -0.1) is 6.42 Å². The van der Waals surface area contributed by atoms with Gasteiger partial charge in [-0.2, -0.15) is 0 Å². The molecule has 4 heteroatoms. The molecule has 3 aromatic carbocycles. The normalized spacial score (nSPS) is 14.7. The van der Waals surface area contributed by atoms with E-state index < -0.39 is 0 Å². The Kier molecular flexibility index (Phi) is 4.96. The summed E-state index contributed by atoms with van der Waals surface area (Å²) in [6.07, 6.45) is 7.30. The van der Waals surface area contributed by atoms with E-state index in [9.17, 15) is 0 Å². The minimum atomic E-state index is 0.742. The van der Waals surface area contributed by atoms with Gasteiger partial charge in [0.15, 0.2) is 0 Å². The lowest BCUT2D eigenvalue weighted by atomic mass is 10.1. The average Bonchev–Trinajstić information content (AvgIpc) is 2.79. The number of nitrogens with one attached hydrogen (secondary N) is 1. The van der Waals surface area contributed by atoms with Gasteiger partial charge in [0.1, 0.15) is 0 Å². The third kappa shape index (κ3) is 3.68. The van der Waals surface area contributed by atoms with Gasteiger partial charge in [0.05, 0.1) is 12.1 Å². The molecule has 5 rings (SSSR count). The van der Waals surface area contributed by atoms with E-state index >= 15 is 0 Å². The standard InChI is InChI=1S/C26H24N4/c1-2-13-29-14-16-30(17-15-29)23-9-7-22(8-10-23)28-25-11-12-27-26-19-21-6-4-3-5-20(21)18-24(25)26/h1,3-12,18-19H,13-17H2,(H,27,28).